The summed E-state index contributed by atoms with van der Waals surface area (Å²) >= 11 is 0.0612. The van der Waals surface area contributed by atoms with E-state index in [1.54, 1.807) is 0 Å². The minimum atomic E-state index is 0.0612. The fourth-order valence-corrected chi connectivity index (χ4v) is 3.69. The zero-order valence-corrected chi connectivity index (χ0v) is 12.3. The number of nitrogens with zero attached hydrogens (tertiary/aromatic N) is 3. The van der Waals surface area contributed by atoms with Crippen molar-refractivity contribution >= 4 is 31.7 Å². The average Bonchev–Trinajstić information content (AvgIpc) is 2.89. The molecule has 1 N–H and O–H groups in total. The van der Waals surface area contributed by atoms with E-state index in [0.717, 1.165) is 11.0 Å². The van der Waals surface area contributed by atoms with Gasteiger partial charge in [-0.2, -0.15) is 0 Å². The molecule has 0 unspecified atom stereocenters. The molecular formula is C13H18N4Se. The molecule has 0 saturated carbocycles. The first-order valence-electron chi connectivity index (χ1n) is 6.57. The van der Waals surface area contributed by atoms with Gasteiger partial charge >= 0.3 is 113 Å². The maximum absolute atomic E-state index is 4.52. The van der Waals surface area contributed by atoms with Gasteiger partial charge in [0.1, 0.15) is 0 Å². The molecule has 0 atom stereocenters. The number of benzene rings is 1. The Morgan fingerprint density at radius 1 is 1.33 bits per heavy atom. The molecule has 0 spiro atoms. The molecule has 1 aliphatic heterocycles. The zero-order chi connectivity index (χ0) is 12.4. The van der Waals surface area contributed by atoms with E-state index in [9.17, 15) is 0 Å². The van der Waals surface area contributed by atoms with Crippen molar-refractivity contribution in [3.63, 3.8) is 0 Å². The first kappa shape index (κ1) is 12.1. The number of aromatic nitrogens is 2. The van der Waals surface area contributed by atoms with Crippen LogP contribution in [0.1, 0.15) is 19.8 Å². The van der Waals surface area contributed by atoms with E-state index in [0.29, 0.717) is 6.04 Å². The fraction of sp³-hybridized carbons (Fsp3) is 0.538. The van der Waals surface area contributed by atoms with Crippen molar-refractivity contribution in [3.05, 3.63) is 18.2 Å². The summed E-state index contributed by atoms with van der Waals surface area (Å²) in [4.78, 5) is 2.51. The van der Waals surface area contributed by atoms with Gasteiger partial charge in [0, 0.05) is 0 Å². The molecule has 1 aliphatic rings. The summed E-state index contributed by atoms with van der Waals surface area (Å²) in [5, 5.41) is 3.66. The zero-order valence-electron chi connectivity index (χ0n) is 10.6. The van der Waals surface area contributed by atoms with E-state index in [2.05, 4.69) is 43.3 Å². The molecule has 96 valence electrons. The Kier molecular flexibility index (Phi) is 3.64. The predicted molar refractivity (Wildman–Crippen MR) is 75.2 cm³/mol. The Morgan fingerprint density at radius 2 is 2.17 bits per heavy atom. The second-order valence-corrected chi connectivity index (χ2v) is 5.90. The Hall–Kier alpha value is -0.901. The molecule has 0 amide bonds. The maximum atomic E-state index is 4.52. The van der Waals surface area contributed by atoms with E-state index < -0.39 is 0 Å². The monoisotopic (exact) mass is 310 g/mol. The molecule has 0 radical (unpaired) electrons. The van der Waals surface area contributed by atoms with Gasteiger partial charge in [-0.05, 0) is 0 Å². The second kappa shape index (κ2) is 5.39. The molecule has 18 heavy (non-hydrogen) atoms. The molecule has 5 heteroatoms. The predicted octanol–water partition coefficient (Wildman–Crippen LogP) is 1.58. The van der Waals surface area contributed by atoms with Crippen LogP contribution in [-0.2, 0) is 0 Å². The first-order chi connectivity index (χ1) is 8.86. The van der Waals surface area contributed by atoms with Gasteiger partial charge in [0.25, 0.3) is 0 Å². The summed E-state index contributed by atoms with van der Waals surface area (Å²) in [5.41, 5.74) is 3.31. The third-order valence-electron chi connectivity index (χ3n) is 3.68. The molecule has 2 heterocycles. The summed E-state index contributed by atoms with van der Waals surface area (Å²) in [6.45, 7) is 5.81. The van der Waals surface area contributed by atoms with Crippen molar-refractivity contribution in [1.82, 2.24) is 12.9 Å². The standard InChI is InChI=1S/C13H18N4Se/c1-2-17-8-6-10(7-9-17)14-11-4-3-5-12-13(11)16-18-15-12/h3-5,10,14H,2,6-9H2,1H3. The number of hydrogen-bond acceptors (Lipinski definition) is 4. The summed E-state index contributed by atoms with van der Waals surface area (Å²) in [6, 6.07) is 6.84. The van der Waals surface area contributed by atoms with Gasteiger partial charge in [0.05, 0.1) is 0 Å². The number of rotatable bonds is 3. The van der Waals surface area contributed by atoms with Crippen molar-refractivity contribution < 1.29 is 0 Å². The van der Waals surface area contributed by atoms with E-state index in [1.807, 2.05) is 0 Å². The van der Waals surface area contributed by atoms with Gasteiger partial charge in [-0.15, -0.1) is 0 Å². The molecule has 0 aliphatic carbocycles. The number of fused-ring (bicyclic) bond motifs is 1. The van der Waals surface area contributed by atoms with Gasteiger partial charge in [-0.1, -0.05) is 0 Å². The molecule has 1 aromatic carbocycles. The van der Waals surface area contributed by atoms with E-state index in [-0.39, 0.29) is 15.0 Å². The van der Waals surface area contributed by atoms with E-state index in [1.165, 1.54) is 38.2 Å². The van der Waals surface area contributed by atoms with Crippen LogP contribution in [-0.4, -0.2) is 53.5 Å². The quantitative estimate of drug-likeness (QED) is 0.874. The molecule has 1 saturated heterocycles. The van der Waals surface area contributed by atoms with Gasteiger partial charge in [-0.25, -0.2) is 0 Å². The Bertz CT molecular complexity index is 516. The van der Waals surface area contributed by atoms with Crippen LogP contribution >= 0.6 is 0 Å². The molecule has 3 rings (SSSR count). The van der Waals surface area contributed by atoms with Crippen molar-refractivity contribution in [2.24, 2.45) is 0 Å². The molecule has 0 bridgehead atoms. The number of nitrogens with one attached hydrogen (secondary N) is 1. The topological polar surface area (TPSA) is 41.0 Å². The summed E-state index contributed by atoms with van der Waals surface area (Å²) in [7, 11) is 0. The number of hydrogen-bond donors (Lipinski definition) is 1. The third kappa shape index (κ3) is 2.44. The Morgan fingerprint density at radius 3 is 2.94 bits per heavy atom. The van der Waals surface area contributed by atoms with Gasteiger partial charge in [0.2, 0.25) is 0 Å². The number of piperidine rings is 1. The van der Waals surface area contributed by atoms with Crippen molar-refractivity contribution in [3.8, 4) is 0 Å². The average molecular weight is 309 g/mol. The van der Waals surface area contributed by atoms with Crippen molar-refractivity contribution in [2.75, 3.05) is 25.0 Å². The second-order valence-electron chi connectivity index (χ2n) is 4.79. The van der Waals surface area contributed by atoms with Gasteiger partial charge < -0.3 is 0 Å². The van der Waals surface area contributed by atoms with Crippen LogP contribution in [0.2, 0.25) is 0 Å². The molecular weight excluding hydrogens is 291 g/mol. The van der Waals surface area contributed by atoms with Gasteiger partial charge in [-0.3, -0.25) is 0 Å². The van der Waals surface area contributed by atoms with Crippen LogP contribution in [0.25, 0.3) is 11.0 Å². The Balaban J connectivity index is 1.71. The number of anilines is 1. The normalized spacial score (nSPS) is 18.3. The van der Waals surface area contributed by atoms with E-state index in [4.69, 9.17) is 0 Å². The van der Waals surface area contributed by atoms with Crippen LogP contribution in [0.4, 0.5) is 5.69 Å². The summed E-state index contributed by atoms with van der Waals surface area (Å²) < 4.78 is 8.94. The van der Waals surface area contributed by atoms with Crippen LogP contribution in [0.15, 0.2) is 18.2 Å². The van der Waals surface area contributed by atoms with Crippen LogP contribution in [0, 0.1) is 0 Å². The van der Waals surface area contributed by atoms with Gasteiger partial charge in [0.15, 0.2) is 0 Å². The number of likely N-dealkylation sites (tertiary alicyclic amines) is 1. The molecule has 1 fully saturated rings. The van der Waals surface area contributed by atoms with E-state index >= 15 is 0 Å². The summed E-state index contributed by atoms with van der Waals surface area (Å²) in [5.74, 6) is 0. The van der Waals surface area contributed by atoms with Crippen LogP contribution in [0.3, 0.4) is 0 Å². The first-order valence-corrected chi connectivity index (χ1v) is 8.10. The molecule has 4 nitrogen and oxygen atoms in total. The van der Waals surface area contributed by atoms with Crippen LogP contribution in [0.5, 0.6) is 0 Å². The van der Waals surface area contributed by atoms with Crippen molar-refractivity contribution in [2.45, 2.75) is 25.8 Å². The third-order valence-corrected chi connectivity index (χ3v) is 4.82. The Labute approximate surface area is 114 Å². The minimum absolute atomic E-state index is 0.0612. The van der Waals surface area contributed by atoms with Crippen molar-refractivity contribution in [1.29, 1.82) is 0 Å². The molecule has 2 aromatic rings. The summed E-state index contributed by atoms with van der Waals surface area (Å²) in [6.07, 6.45) is 2.44. The van der Waals surface area contributed by atoms with Crippen LogP contribution < -0.4 is 5.32 Å². The molecule has 1 aromatic heterocycles. The SMILES string of the molecule is CCN1CCC(Nc2cccc3n[se]nc23)CC1. The fourth-order valence-electron chi connectivity index (χ4n) is 2.54.